The summed E-state index contributed by atoms with van der Waals surface area (Å²) in [5.41, 5.74) is 4.19. The maximum Gasteiger partial charge on any atom is 0.313 e. The first-order chi connectivity index (χ1) is 15.5. The Balaban J connectivity index is 1.45. The number of anilines is 2. The molecule has 6 nitrogen and oxygen atoms in total. The fourth-order valence-electron chi connectivity index (χ4n) is 4.69. The summed E-state index contributed by atoms with van der Waals surface area (Å²) in [7, 11) is 2.12. The number of carbonyl (C=O) groups is 2. The molecule has 32 heavy (non-hydrogen) atoms. The number of carbonyl (C=O) groups excluding carboxylic acids is 2. The van der Waals surface area contributed by atoms with Crippen LogP contribution in [0, 0.1) is 5.82 Å². The van der Waals surface area contributed by atoms with Crippen molar-refractivity contribution >= 4 is 23.2 Å². The molecule has 2 aliphatic rings. The molecule has 2 aromatic rings. The Morgan fingerprint density at radius 2 is 1.72 bits per heavy atom. The van der Waals surface area contributed by atoms with E-state index in [2.05, 4.69) is 45.7 Å². The second-order valence-electron chi connectivity index (χ2n) is 8.70. The van der Waals surface area contributed by atoms with Crippen molar-refractivity contribution in [3.8, 4) is 0 Å². The van der Waals surface area contributed by atoms with Crippen molar-refractivity contribution < 1.29 is 14.0 Å². The normalized spacial score (nSPS) is 17.4. The SMILES string of the molecule is CN1CCCc2cc([C@H](CNC(=O)C(=O)Nc3ccc(F)cc3)N3CCCCC3)ccc21. The number of piperidine rings is 1. The third-order valence-electron chi connectivity index (χ3n) is 6.43. The highest BCUT2D eigenvalue weighted by Gasteiger charge is 2.26. The van der Waals surface area contributed by atoms with E-state index < -0.39 is 17.6 Å². The van der Waals surface area contributed by atoms with Gasteiger partial charge in [-0.25, -0.2) is 4.39 Å². The summed E-state index contributed by atoms with van der Waals surface area (Å²) >= 11 is 0. The van der Waals surface area contributed by atoms with Gasteiger partial charge in [-0.3, -0.25) is 14.5 Å². The van der Waals surface area contributed by atoms with Crippen LogP contribution in [0.25, 0.3) is 0 Å². The summed E-state index contributed by atoms with van der Waals surface area (Å²) in [5, 5.41) is 5.34. The van der Waals surface area contributed by atoms with E-state index in [1.54, 1.807) is 0 Å². The van der Waals surface area contributed by atoms with Gasteiger partial charge in [-0.2, -0.15) is 0 Å². The number of nitrogens with zero attached hydrogens (tertiary/aromatic N) is 2. The minimum atomic E-state index is -0.749. The summed E-state index contributed by atoms with van der Waals surface area (Å²) in [6.07, 6.45) is 5.71. The second-order valence-corrected chi connectivity index (χ2v) is 8.70. The maximum atomic E-state index is 13.1. The van der Waals surface area contributed by atoms with Gasteiger partial charge in [0.25, 0.3) is 0 Å². The highest BCUT2D eigenvalue weighted by atomic mass is 19.1. The molecule has 2 heterocycles. The fourth-order valence-corrected chi connectivity index (χ4v) is 4.69. The molecule has 0 bridgehead atoms. The van der Waals surface area contributed by atoms with Crippen LogP contribution in [0.1, 0.15) is 42.9 Å². The van der Waals surface area contributed by atoms with Crippen molar-refractivity contribution in [1.29, 1.82) is 0 Å². The molecule has 170 valence electrons. The van der Waals surface area contributed by atoms with Gasteiger partial charge in [-0.15, -0.1) is 0 Å². The first-order valence-electron chi connectivity index (χ1n) is 11.4. The fraction of sp³-hybridized carbons (Fsp3) is 0.440. The molecule has 2 N–H and O–H groups in total. The lowest BCUT2D eigenvalue weighted by Gasteiger charge is -2.36. The number of fused-ring (bicyclic) bond motifs is 1. The molecule has 0 aromatic heterocycles. The average molecular weight is 439 g/mol. The summed E-state index contributed by atoms with van der Waals surface area (Å²) in [6.45, 7) is 3.41. The van der Waals surface area contributed by atoms with Crippen LogP contribution in [0.3, 0.4) is 0 Å². The highest BCUT2D eigenvalue weighted by Crippen LogP contribution is 2.31. The van der Waals surface area contributed by atoms with E-state index in [9.17, 15) is 14.0 Å². The zero-order valence-electron chi connectivity index (χ0n) is 18.6. The quantitative estimate of drug-likeness (QED) is 0.702. The Kier molecular flexibility index (Phi) is 7.05. The molecule has 1 atom stereocenters. The smallest absolute Gasteiger partial charge is 0.313 e. The Labute approximate surface area is 188 Å². The molecule has 0 unspecified atom stereocenters. The summed E-state index contributed by atoms with van der Waals surface area (Å²) in [6, 6.07) is 12.0. The van der Waals surface area contributed by atoms with Gasteiger partial charge >= 0.3 is 11.8 Å². The minimum Gasteiger partial charge on any atom is -0.374 e. The molecule has 1 saturated heterocycles. The predicted octanol–water partition coefficient (Wildman–Crippen LogP) is 3.49. The van der Waals surface area contributed by atoms with E-state index in [1.165, 1.54) is 47.5 Å². The molecule has 4 rings (SSSR count). The number of hydrogen-bond acceptors (Lipinski definition) is 4. The molecule has 0 spiro atoms. The molecule has 0 saturated carbocycles. The summed E-state index contributed by atoms with van der Waals surface area (Å²) in [4.78, 5) is 29.5. The van der Waals surface area contributed by atoms with Crippen LogP contribution in [0.2, 0.25) is 0 Å². The van der Waals surface area contributed by atoms with Gasteiger partial charge in [0.1, 0.15) is 5.82 Å². The number of halogens is 1. The van der Waals surface area contributed by atoms with Crippen LogP contribution in [0.4, 0.5) is 15.8 Å². The Hall–Kier alpha value is -2.93. The lowest BCUT2D eigenvalue weighted by Crippen LogP contribution is -2.43. The van der Waals surface area contributed by atoms with Crippen LogP contribution < -0.4 is 15.5 Å². The van der Waals surface area contributed by atoms with E-state index in [0.717, 1.165) is 45.3 Å². The highest BCUT2D eigenvalue weighted by molar-refractivity contribution is 6.39. The zero-order valence-corrected chi connectivity index (χ0v) is 18.6. The van der Waals surface area contributed by atoms with Gasteiger partial charge in [0.2, 0.25) is 0 Å². The number of likely N-dealkylation sites (tertiary alicyclic amines) is 1. The van der Waals surface area contributed by atoms with Gasteiger partial charge in [0.05, 0.1) is 6.04 Å². The van der Waals surface area contributed by atoms with Gasteiger partial charge in [0.15, 0.2) is 0 Å². The first kappa shape index (κ1) is 22.3. The molecule has 2 amide bonds. The summed E-state index contributed by atoms with van der Waals surface area (Å²) in [5.74, 6) is -1.83. The summed E-state index contributed by atoms with van der Waals surface area (Å²) < 4.78 is 13.1. The third-order valence-corrected chi connectivity index (χ3v) is 6.43. The number of hydrogen-bond donors (Lipinski definition) is 2. The zero-order chi connectivity index (χ0) is 22.5. The van der Waals surface area contributed by atoms with Crippen molar-refractivity contribution in [2.45, 2.75) is 38.1 Å². The molecular weight excluding hydrogens is 407 g/mol. The number of benzene rings is 2. The molecular formula is C25H31FN4O2. The molecule has 1 fully saturated rings. The van der Waals surface area contributed by atoms with Crippen LogP contribution in [-0.4, -0.2) is 49.9 Å². The third kappa shape index (κ3) is 5.27. The molecule has 0 radical (unpaired) electrons. The van der Waals surface area contributed by atoms with Crippen LogP contribution in [0.15, 0.2) is 42.5 Å². The van der Waals surface area contributed by atoms with Crippen molar-refractivity contribution in [3.63, 3.8) is 0 Å². The molecule has 2 aliphatic heterocycles. The van der Waals surface area contributed by atoms with Gasteiger partial charge in [0, 0.05) is 31.5 Å². The first-order valence-corrected chi connectivity index (χ1v) is 11.4. The van der Waals surface area contributed by atoms with Crippen LogP contribution >= 0.6 is 0 Å². The van der Waals surface area contributed by atoms with Crippen molar-refractivity contribution in [3.05, 3.63) is 59.4 Å². The number of rotatable bonds is 5. The average Bonchev–Trinajstić information content (AvgIpc) is 2.81. The van der Waals surface area contributed by atoms with Gasteiger partial charge in [-0.05, 0) is 80.2 Å². The van der Waals surface area contributed by atoms with Gasteiger partial charge in [-0.1, -0.05) is 18.6 Å². The lowest BCUT2D eigenvalue weighted by atomic mass is 9.95. The monoisotopic (exact) mass is 438 g/mol. The topological polar surface area (TPSA) is 64.7 Å². The van der Waals surface area contributed by atoms with E-state index in [0.29, 0.717) is 12.2 Å². The Bertz CT molecular complexity index is 957. The van der Waals surface area contributed by atoms with Crippen LogP contribution in [0.5, 0.6) is 0 Å². The predicted molar refractivity (Wildman–Crippen MR) is 124 cm³/mol. The molecule has 0 aliphatic carbocycles. The van der Waals surface area contributed by atoms with Crippen LogP contribution in [-0.2, 0) is 16.0 Å². The maximum absolute atomic E-state index is 13.1. The van der Waals surface area contributed by atoms with E-state index in [1.807, 2.05) is 0 Å². The Morgan fingerprint density at radius 3 is 2.47 bits per heavy atom. The molecule has 2 aromatic carbocycles. The van der Waals surface area contributed by atoms with E-state index in [4.69, 9.17) is 0 Å². The number of amides is 2. The van der Waals surface area contributed by atoms with E-state index >= 15 is 0 Å². The number of nitrogens with one attached hydrogen (secondary N) is 2. The van der Waals surface area contributed by atoms with Crippen molar-refractivity contribution in [2.75, 3.05) is 43.4 Å². The van der Waals surface area contributed by atoms with E-state index in [-0.39, 0.29) is 6.04 Å². The standard InChI is InChI=1S/C25H31FN4O2/c1-29-13-5-6-18-16-19(7-12-22(18)29)23(30-14-3-2-4-15-30)17-27-24(31)25(32)28-21-10-8-20(26)9-11-21/h7-12,16,23H,2-6,13-15,17H2,1H3,(H,27,31)(H,28,32)/t23-/m0/s1. The van der Waals surface area contributed by atoms with Gasteiger partial charge < -0.3 is 15.5 Å². The lowest BCUT2D eigenvalue weighted by molar-refractivity contribution is -0.136. The largest absolute Gasteiger partial charge is 0.374 e. The molecule has 7 heteroatoms. The minimum absolute atomic E-state index is 0.0235. The Morgan fingerprint density at radius 1 is 0.969 bits per heavy atom. The number of aryl methyl sites for hydroxylation is 1. The van der Waals surface area contributed by atoms with Crippen molar-refractivity contribution in [2.24, 2.45) is 0 Å². The second kappa shape index (κ2) is 10.1. The van der Waals surface area contributed by atoms with Crippen molar-refractivity contribution in [1.82, 2.24) is 10.2 Å².